The van der Waals surface area contributed by atoms with Crippen molar-refractivity contribution in [2.24, 2.45) is 0 Å². The van der Waals surface area contributed by atoms with E-state index in [4.69, 9.17) is 0 Å². The molecule has 0 atom stereocenters. The molecule has 3 heteroatoms. The molecule has 224 valence electrons. The summed E-state index contributed by atoms with van der Waals surface area (Å²) < 4.78 is 0. The molecular formula is C43H34Cl2Zr. The zero-order valence-corrected chi connectivity index (χ0v) is 29.5. The number of fused-ring (bicyclic) bond motifs is 3. The molecule has 0 radical (unpaired) electrons. The Morgan fingerprint density at radius 1 is 0.478 bits per heavy atom. The van der Waals surface area contributed by atoms with Gasteiger partial charge in [-0.3, -0.25) is 0 Å². The average molecular weight is 713 g/mol. The van der Waals surface area contributed by atoms with Crippen LogP contribution in [0.4, 0.5) is 0 Å². The molecule has 0 heterocycles. The molecule has 46 heavy (non-hydrogen) atoms. The molecule has 0 aromatic heterocycles. The van der Waals surface area contributed by atoms with Crippen LogP contribution in [0.3, 0.4) is 0 Å². The largest absolute Gasteiger partial charge is 0.147 e. The molecule has 0 saturated heterocycles. The smallest absolute Gasteiger partial charge is 0.0676 e. The molecule has 0 N–H and O–H groups in total. The molecular weight excluding hydrogens is 679 g/mol. The Morgan fingerprint density at radius 2 is 1.00 bits per heavy atom. The van der Waals surface area contributed by atoms with Crippen molar-refractivity contribution in [3.8, 4) is 33.4 Å². The maximum atomic E-state index is 2.42. The van der Waals surface area contributed by atoms with E-state index >= 15 is 0 Å². The number of halogens is 2. The first-order chi connectivity index (χ1) is 21.3. The molecule has 0 amide bonds. The predicted octanol–water partition coefficient (Wildman–Crippen LogP) is 11.7. The van der Waals surface area contributed by atoms with Gasteiger partial charge in [-0.05, 0) is 79.6 Å². The summed E-state index contributed by atoms with van der Waals surface area (Å²) in [7, 11) is 0. The zero-order valence-electron chi connectivity index (χ0n) is 25.4. The summed E-state index contributed by atoms with van der Waals surface area (Å²) in [5.41, 5.74) is 15.6. The molecule has 6 aromatic carbocycles. The Kier molecular flexibility index (Phi) is 10.5. The maximum Gasteiger partial charge on any atom is 0.0676 e. The van der Waals surface area contributed by atoms with E-state index in [0.29, 0.717) is 0 Å². The Morgan fingerprint density at radius 3 is 1.57 bits per heavy atom. The molecule has 8 rings (SSSR count). The van der Waals surface area contributed by atoms with E-state index in [9.17, 15) is 0 Å². The summed E-state index contributed by atoms with van der Waals surface area (Å²) in [6, 6.07) is 55.9. The number of hydrogen-bond acceptors (Lipinski definition) is 0. The number of allylic oxidation sites excluding steroid dienone is 4. The van der Waals surface area contributed by atoms with Gasteiger partial charge in [-0.15, -0.1) is 24.8 Å². The molecule has 2 aliphatic carbocycles. The minimum Gasteiger partial charge on any atom is -0.147 e. The van der Waals surface area contributed by atoms with Crippen LogP contribution < -0.4 is 0 Å². The summed E-state index contributed by atoms with van der Waals surface area (Å²) in [5.74, 6) is 0. The van der Waals surface area contributed by atoms with Gasteiger partial charge in [0.1, 0.15) is 0 Å². The number of hydrogen-bond donors (Lipinski definition) is 0. The van der Waals surface area contributed by atoms with Crippen LogP contribution in [0.1, 0.15) is 34.2 Å². The van der Waals surface area contributed by atoms with Gasteiger partial charge in [-0.25, -0.2) is 0 Å². The van der Waals surface area contributed by atoms with E-state index in [2.05, 4.69) is 170 Å². The van der Waals surface area contributed by atoms with Crippen molar-refractivity contribution in [1.29, 1.82) is 0 Å². The standard InChI is InChI=1S/C43H32.2ClH.Zr/c1-5-15-31(16-6-1)33-25-26-38-34(29-33)30-41-40(38)28-27-39(32-17-7-2-8-18-32)42(41)43(37-23-13-14-24-37,35-19-9-3-10-20-35)36-21-11-4-12-22-36;;;/h1-23,25-29H,24,30H2;2*1H;. The maximum absolute atomic E-state index is 2.42. The third-order valence-electron chi connectivity index (χ3n) is 9.31. The second-order valence-electron chi connectivity index (χ2n) is 11.6. The normalized spacial score (nSPS) is 12.6. The fourth-order valence-corrected chi connectivity index (χ4v) is 7.46. The second kappa shape index (κ2) is 14.4. The van der Waals surface area contributed by atoms with Gasteiger partial charge in [0.2, 0.25) is 0 Å². The first kappa shape index (κ1) is 33.6. The molecule has 0 nitrogen and oxygen atoms in total. The molecule has 0 unspecified atom stereocenters. The number of benzene rings is 6. The van der Waals surface area contributed by atoms with E-state index in [0.717, 1.165) is 12.8 Å². The predicted molar refractivity (Wildman–Crippen MR) is 195 cm³/mol. The molecule has 6 aromatic rings. The molecule has 0 spiro atoms. The second-order valence-corrected chi connectivity index (χ2v) is 11.6. The van der Waals surface area contributed by atoms with Crippen LogP contribution in [0.15, 0.2) is 175 Å². The van der Waals surface area contributed by atoms with Crippen molar-refractivity contribution in [2.75, 3.05) is 0 Å². The monoisotopic (exact) mass is 710 g/mol. The van der Waals surface area contributed by atoms with Crippen molar-refractivity contribution in [1.82, 2.24) is 0 Å². The van der Waals surface area contributed by atoms with Crippen LogP contribution in [-0.2, 0) is 38.0 Å². The quantitative estimate of drug-likeness (QED) is 0.151. The van der Waals surface area contributed by atoms with E-state index in [-0.39, 0.29) is 51.0 Å². The van der Waals surface area contributed by atoms with Crippen molar-refractivity contribution >= 4 is 24.8 Å². The Hall–Kier alpha value is -3.74. The SMILES string of the molecule is C1=CCC(C(c2ccccc2)(c2ccccc2)c2c(-c3ccccc3)ccc3c2Cc2cc(-c4ccccc4)ccc2-3)=C1.Cl.Cl.[Zr]. The van der Waals surface area contributed by atoms with E-state index < -0.39 is 5.41 Å². The Bertz CT molecular complexity index is 1960. The van der Waals surface area contributed by atoms with E-state index in [1.165, 1.54) is 66.8 Å². The molecule has 2 aliphatic rings. The van der Waals surface area contributed by atoms with Crippen molar-refractivity contribution in [2.45, 2.75) is 18.3 Å². The van der Waals surface area contributed by atoms with Gasteiger partial charge in [0.05, 0.1) is 5.41 Å². The van der Waals surface area contributed by atoms with Crippen molar-refractivity contribution in [3.63, 3.8) is 0 Å². The van der Waals surface area contributed by atoms with Crippen molar-refractivity contribution in [3.05, 3.63) is 203 Å². The Labute approximate surface area is 303 Å². The first-order valence-corrected chi connectivity index (χ1v) is 15.2. The van der Waals surface area contributed by atoms with E-state index in [1.807, 2.05) is 0 Å². The average Bonchev–Trinajstić information content (AvgIpc) is 3.76. The minimum atomic E-state index is -0.452. The fourth-order valence-electron chi connectivity index (χ4n) is 7.46. The van der Waals surface area contributed by atoms with Gasteiger partial charge in [0.25, 0.3) is 0 Å². The van der Waals surface area contributed by atoms with Gasteiger partial charge in [0, 0.05) is 26.2 Å². The summed E-state index contributed by atoms with van der Waals surface area (Å²) in [4.78, 5) is 0. The van der Waals surface area contributed by atoms with Crippen molar-refractivity contribution < 1.29 is 26.2 Å². The van der Waals surface area contributed by atoms with Crippen LogP contribution in [0.2, 0.25) is 0 Å². The van der Waals surface area contributed by atoms with Gasteiger partial charge in [0.15, 0.2) is 0 Å². The molecule has 0 fully saturated rings. The third kappa shape index (κ3) is 5.60. The number of rotatable bonds is 6. The topological polar surface area (TPSA) is 0 Å². The van der Waals surface area contributed by atoms with E-state index in [1.54, 1.807) is 0 Å². The zero-order chi connectivity index (χ0) is 28.6. The summed E-state index contributed by atoms with van der Waals surface area (Å²) in [6.07, 6.45) is 8.74. The summed E-state index contributed by atoms with van der Waals surface area (Å²) in [5, 5.41) is 0. The fraction of sp³-hybridized carbons (Fsp3) is 0.0698. The van der Waals surface area contributed by atoms with Crippen LogP contribution in [0.25, 0.3) is 33.4 Å². The molecule has 0 saturated carbocycles. The van der Waals surface area contributed by atoms with Gasteiger partial charge >= 0.3 is 0 Å². The van der Waals surface area contributed by atoms with Crippen LogP contribution in [-0.4, -0.2) is 0 Å². The van der Waals surface area contributed by atoms with Gasteiger partial charge < -0.3 is 0 Å². The van der Waals surface area contributed by atoms with Gasteiger partial charge in [-0.2, -0.15) is 0 Å². The van der Waals surface area contributed by atoms with Gasteiger partial charge in [-0.1, -0.05) is 170 Å². The third-order valence-corrected chi connectivity index (χ3v) is 9.31. The Balaban J connectivity index is 0.00000139. The van der Waals surface area contributed by atoms with Crippen LogP contribution in [0.5, 0.6) is 0 Å². The molecule has 0 aliphatic heterocycles. The first-order valence-electron chi connectivity index (χ1n) is 15.2. The van der Waals surface area contributed by atoms with Crippen LogP contribution in [0, 0.1) is 0 Å². The molecule has 0 bridgehead atoms. The summed E-state index contributed by atoms with van der Waals surface area (Å²) in [6.45, 7) is 0. The van der Waals surface area contributed by atoms with Crippen LogP contribution >= 0.6 is 24.8 Å². The summed E-state index contributed by atoms with van der Waals surface area (Å²) >= 11 is 0. The minimum absolute atomic E-state index is 0.